The van der Waals surface area contributed by atoms with Gasteiger partial charge in [0.05, 0.1) is 12.1 Å². The number of carbonyl (C=O) groups is 2. The van der Waals surface area contributed by atoms with E-state index in [1.807, 2.05) is 16.8 Å². The second-order valence-electron chi connectivity index (χ2n) is 5.60. The van der Waals surface area contributed by atoms with Crippen LogP contribution in [0.15, 0.2) is 40.4 Å². The number of aromatic nitrogens is 1. The Labute approximate surface area is 161 Å². The van der Waals surface area contributed by atoms with Crippen LogP contribution in [0.5, 0.6) is 0 Å². The lowest BCUT2D eigenvalue weighted by Gasteiger charge is -2.12. The quantitative estimate of drug-likeness (QED) is 0.619. The van der Waals surface area contributed by atoms with Gasteiger partial charge in [-0.2, -0.15) is 11.3 Å². The highest BCUT2D eigenvalue weighted by molar-refractivity contribution is 7.14. The SMILES string of the molecule is C[C@H](OC(=O)Cc1ccsc1)C(=O)Nc1nc(-c2ccc(F)c(F)c2)cs1. The van der Waals surface area contributed by atoms with Crippen LogP contribution in [0.1, 0.15) is 12.5 Å². The number of thiophene rings is 1. The van der Waals surface area contributed by atoms with E-state index in [9.17, 15) is 18.4 Å². The maximum absolute atomic E-state index is 13.3. The molecule has 140 valence electrons. The number of halogens is 2. The van der Waals surface area contributed by atoms with Gasteiger partial charge in [-0.15, -0.1) is 11.3 Å². The number of thiazole rings is 1. The van der Waals surface area contributed by atoms with Gasteiger partial charge in [-0.05, 0) is 47.5 Å². The minimum atomic E-state index is -0.994. The summed E-state index contributed by atoms with van der Waals surface area (Å²) < 4.78 is 31.5. The van der Waals surface area contributed by atoms with Crippen molar-refractivity contribution in [2.24, 2.45) is 0 Å². The third-order valence-corrected chi connectivity index (χ3v) is 5.05. The number of carbonyl (C=O) groups excluding carboxylic acids is 2. The molecule has 2 aromatic heterocycles. The summed E-state index contributed by atoms with van der Waals surface area (Å²) >= 11 is 2.60. The molecule has 0 aliphatic rings. The maximum atomic E-state index is 13.3. The average molecular weight is 408 g/mol. The lowest BCUT2D eigenvalue weighted by atomic mass is 10.2. The second-order valence-corrected chi connectivity index (χ2v) is 7.23. The Morgan fingerprint density at radius 3 is 2.74 bits per heavy atom. The van der Waals surface area contributed by atoms with Crippen LogP contribution < -0.4 is 5.32 Å². The molecule has 0 unspecified atom stereocenters. The first kappa shape index (κ1) is 19.1. The summed E-state index contributed by atoms with van der Waals surface area (Å²) in [6.07, 6.45) is -0.898. The monoisotopic (exact) mass is 408 g/mol. The van der Waals surface area contributed by atoms with Crippen molar-refractivity contribution in [3.8, 4) is 11.3 Å². The van der Waals surface area contributed by atoms with Gasteiger partial charge in [0.2, 0.25) is 0 Å². The highest BCUT2D eigenvalue weighted by atomic mass is 32.1. The molecule has 0 radical (unpaired) electrons. The van der Waals surface area contributed by atoms with Gasteiger partial charge in [0.15, 0.2) is 22.9 Å². The van der Waals surface area contributed by atoms with E-state index in [-0.39, 0.29) is 11.6 Å². The van der Waals surface area contributed by atoms with Gasteiger partial charge in [0.1, 0.15) is 0 Å². The van der Waals surface area contributed by atoms with Crippen LogP contribution in [-0.2, 0) is 20.7 Å². The lowest BCUT2D eigenvalue weighted by Crippen LogP contribution is -2.30. The zero-order valence-electron chi connectivity index (χ0n) is 14.1. The zero-order chi connectivity index (χ0) is 19.4. The molecule has 2 heterocycles. The highest BCUT2D eigenvalue weighted by Crippen LogP contribution is 2.26. The molecule has 0 saturated carbocycles. The summed E-state index contributed by atoms with van der Waals surface area (Å²) in [5.41, 5.74) is 1.62. The highest BCUT2D eigenvalue weighted by Gasteiger charge is 2.19. The number of ether oxygens (including phenoxy) is 1. The zero-order valence-corrected chi connectivity index (χ0v) is 15.7. The first-order chi connectivity index (χ1) is 12.9. The molecule has 3 rings (SSSR count). The van der Waals surface area contributed by atoms with Crippen molar-refractivity contribution in [3.63, 3.8) is 0 Å². The number of nitrogens with zero attached hydrogens (tertiary/aromatic N) is 1. The molecule has 0 saturated heterocycles. The summed E-state index contributed by atoms with van der Waals surface area (Å²) in [5.74, 6) is -2.95. The molecule has 3 aromatic rings. The maximum Gasteiger partial charge on any atom is 0.311 e. The fourth-order valence-corrected chi connectivity index (χ4v) is 3.57. The molecule has 0 bridgehead atoms. The third-order valence-electron chi connectivity index (χ3n) is 3.56. The van der Waals surface area contributed by atoms with E-state index in [1.54, 1.807) is 5.38 Å². The van der Waals surface area contributed by atoms with Gasteiger partial charge in [-0.3, -0.25) is 14.9 Å². The van der Waals surface area contributed by atoms with Crippen molar-refractivity contribution >= 4 is 39.7 Å². The number of amides is 1. The minimum absolute atomic E-state index is 0.0959. The Bertz CT molecular complexity index is 957. The van der Waals surface area contributed by atoms with Crippen LogP contribution in [0.4, 0.5) is 13.9 Å². The average Bonchev–Trinajstić information content (AvgIpc) is 3.29. The molecule has 1 N–H and O–H groups in total. The first-order valence-corrected chi connectivity index (χ1v) is 9.67. The fourth-order valence-electron chi connectivity index (χ4n) is 2.18. The molecule has 0 aliphatic carbocycles. The minimum Gasteiger partial charge on any atom is -0.452 e. The summed E-state index contributed by atoms with van der Waals surface area (Å²) in [6, 6.07) is 5.25. The molecule has 0 fully saturated rings. The van der Waals surface area contributed by atoms with Gasteiger partial charge in [0.25, 0.3) is 5.91 Å². The van der Waals surface area contributed by atoms with Gasteiger partial charge in [0, 0.05) is 10.9 Å². The Morgan fingerprint density at radius 1 is 1.22 bits per heavy atom. The molecule has 0 spiro atoms. The van der Waals surface area contributed by atoms with Gasteiger partial charge in [-0.1, -0.05) is 0 Å². The number of hydrogen-bond donors (Lipinski definition) is 1. The molecular formula is C18H14F2N2O3S2. The van der Waals surface area contributed by atoms with E-state index in [0.29, 0.717) is 11.3 Å². The van der Waals surface area contributed by atoms with E-state index < -0.39 is 29.6 Å². The van der Waals surface area contributed by atoms with E-state index >= 15 is 0 Å². The lowest BCUT2D eigenvalue weighted by molar-refractivity contribution is -0.152. The molecule has 9 heteroatoms. The second kappa shape index (κ2) is 8.36. The Kier molecular flexibility index (Phi) is 5.92. The van der Waals surface area contributed by atoms with Gasteiger partial charge in [-0.25, -0.2) is 13.8 Å². The standard InChI is InChI=1S/C18H14F2N2O3S2/c1-10(25-16(23)6-11-4-5-26-8-11)17(24)22-18-21-15(9-27-18)12-2-3-13(19)14(20)7-12/h2-5,7-10H,6H2,1H3,(H,21,22,24)/t10-/m0/s1. The molecule has 1 atom stereocenters. The third kappa shape index (κ3) is 4.95. The van der Waals surface area contributed by atoms with Crippen LogP contribution in [0.25, 0.3) is 11.3 Å². The van der Waals surface area contributed by atoms with Crippen LogP contribution >= 0.6 is 22.7 Å². The molecule has 0 aliphatic heterocycles. The predicted molar refractivity (Wildman–Crippen MR) is 99.7 cm³/mol. The van der Waals surface area contributed by atoms with E-state index in [2.05, 4.69) is 10.3 Å². The Balaban J connectivity index is 1.58. The molecule has 1 aromatic carbocycles. The van der Waals surface area contributed by atoms with E-state index in [0.717, 1.165) is 29.0 Å². The number of esters is 1. The van der Waals surface area contributed by atoms with Crippen LogP contribution in [0.3, 0.4) is 0 Å². The summed E-state index contributed by atoms with van der Waals surface area (Å²) in [6.45, 7) is 1.46. The largest absolute Gasteiger partial charge is 0.452 e. The molecule has 1 amide bonds. The number of anilines is 1. The molecule has 5 nitrogen and oxygen atoms in total. The van der Waals surface area contributed by atoms with Crippen LogP contribution in [0, 0.1) is 11.6 Å². The summed E-state index contributed by atoms with van der Waals surface area (Å²) in [5, 5.41) is 8.11. The first-order valence-electron chi connectivity index (χ1n) is 7.85. The normalized spacial score (nSPS) is 11.8. The van der Waals surface area contributed by atoms with Crippen LogP contribution in [0.2, 0.25) is 0 Å². The topological polar surface area (TPSA) is 68.3 Å². The number of hydrogen-bond acceptors (Lipinski definition) is 6. The molecule has 27 heavy (non-hydrogen) atoms. The Hall–Kier alpha value is -2.65. The van der Waals surface area contributed by atoms with Crippen molar-refractivity contribution in [1.29, 1.82) is 0 Å². The Morgan fingerprint density at radius 2 is 2.04 bits per heavy atom. The summed E-state index contributed by atoms with van der Waals surface area (Å²) in [7, 11) is 0. The van der Waals surface area contributed by atoms with Crippen molar-refractivity contribution in [2.45, 2.75) is 19.4 Å². The van der Waals surface area contributed by atoms with Gasteiger partial charge < -0.3 is 4.74 Å². The van der Waals surface area contributed by atoms with Crippen molar-refractivity contribution in [3.05, 3.63) is 57.6 Å². The van der Waals surface area contributed by atoms with Crippen molar-refractivity contribution in [1.82, 2.24) is 4.98 Å². The van der Waals surface area contributed by atoms with Crippen molar-refractivity contribution < 1.29 is 23.1 Å². The number of rotatable bonds is 6. The molecular weight excluding hydrogens is 394 g/mol. The van der Waals surface area contributed by atoms with Gasteiger partial charge >= 0.3 is 5.97 Å². The van der Waals surface area contributed by atoms with Crippen LogP contribution in [-0.4, -0.2) is 23.0 Å². The fraction of sp³-hybridized carbons (Fsp3) is 0.167. The van der Waals surface area contributed by atoms with Crippen molar-refractivity contribution in [2.75, 3.05) is 5.32 Å². The van der Waals surface area contributed by atoms with E-state index in [1.165, 1.54) is 24.3 Å². The predicted octanol–water partition coefficient (Wildman–Crippen LogP) is 4.26. The van der Waals surface area contributed by atoms with E-state index in [4.69, 9.17) is 4.74 Å². The number of benzene rings is 1. The number of nitrogens with one attached hydrogen (secondary N) is 1. The summed E-state index contributed by atoms with van der Waals surface area (Å²) in [4.78, 5) is 28.2. The smallest absolute Gasteiger partial charge is 0.311 e.